The summed E-state index contributed by atoms with van der Waals surface area (Å²) < 4.78 is 4.79. The van der Waals surface area contributed by atoms with Crippen molar-refractivity contribution >= 4 is 29.3 Å². The number of ether oxygens (including phenoxy) is 1. The number of nitrogens with one attached hydrogen (secondary N) is 2. The van der Waals surface area contributed by atoms with Gasteiger partial charge in [-0.3, -0.25) is 14.4 Å². The van der Waals surface area contributed by atoms with Crippen LogP contribution in [0.1, 0.15) is 43.0 Å². The SMILES string of the molecule is COC(=O)[C@@H](NC(=O)c1cccc(NC(C)=O)c1)[C@H]1CCCC(=O)C1. The number of rotatable bonds is 5. The van der Waals surface area contributed by atoms with Gasteiger partial charge >= 0.3 is 5.97 Å². The first-order valence-electron chi connectivity index (χ1n) is 8.18. The molecule has 25 heavy (non-hydrogen) atoms. The highest BCUT2D eigenvalue weighted by Gasteiger charge is 2.34. The highest BCUT2D eigenvalue weighted by atomic mass is 16.5. The summed E-state index contributed by atoms with van der Waals surface area (Å²) in [6.45, 7) is 1.38. The van der Waals surface area contributed by atoms with Gasteiger partial charge in [-0.15, -0.1) is 0 Å². The zero-order chi connectivity index (χ0) is 18.4. The van der Waals surface area contributed by atoms with Gasteiger partial charge in [-0.1, -0.05) is 6.07 Å². The smallest absolute Gasteiger partial charge is 0.328 e. The summed E-state index contributed by atoms with van der Waals surface area (Å²) in [6.07, 6.45) is 2.14. The minimum absolute atomic E-state index is 0.0899. The van der Waals surface area contributed by atoms with E-state index in [1.807, 2.05) is 0 Å². The fourth-order valence-corrected chi connectivity index (χ4v) is 3.00. The molecule has 0 saturated heterocycles. The Morgan fingerprint density at radius 2 is 2.04 bits per heavy atom. The third kappa shape index (κ3) is 5.14. The number of anilines is 1. The third-order valence-electron chi connectivity index (χ3n) is 4.18. The molecule has 0 aromatic heterocycles. The van der Waals surface area contributed by atoms with Gasteiger partial charge in [-0.05, 0) is 37.0 Å². The molecule has 1 fully saturated rings. The van der Waals surface area contributed by atoms with Gasteiger partial charge in [0.1, 0.15) is 11.8 Å². The molecule has 1 aromatic rings. The molecule has 0 spiro atoms. The first-order chi connectivity index (χ1) is 11.9. The van der Waals surface area contributed by atoms with Crippen LogP contribution in [0, 0.1) is 5.92 Å². The molecule has 0 heterocycles. The van der Waals surface area contributed by atoms with E-state index in [4.69, 9.17) is 4.74 Å². The Morgan fingerprint density at radius 3 is 2.68 bits per heavy atom. The Morgan fingerprint density at radius 1 is 1.28 bits per heavy atom. The van der Waals surface area contributed by atoms with Gasteiger partial charge in [0, 0.05) is 31.0 Å². The van der Waals surface area contributed by atoms with Gasteiger partial charge in [0.25, 0.3) is 5.91 Å². The third-order valence-corrected chi connectivity index (χ3v) is 4.18. The normalized spacial score (nSPS) is 18.2. The zero-order valence-electron chi connectivity index (χ0n) is 14.3. The van der Waals surface area contributed by atoms with Crippen molar-refractivity contribution < 1.29 is 23.9 Å². The van der Waals surface area contributed by atoms with Gasteiger partial charge in [-0.2, -0.15) is 0 Å². The quantitative estimate of drug-likeness (QED) is 0.790. The second-order valence-corrected chi connectivity index (χ2v) is 6.13. The highest BCUT2D eigenvalue weighted by molar-refractivity contribution is 5.99. The summed E-state index contributed by atoms with van der Waals surface area (Å²) >= 11 is 0. The van der Waals surface area contributed by atoms with Crippen molar-refractivity contribution in [2.45, 2.75) is 38.6 Å². The van der Waals surface area contributed by atoms with Crippen LogP contribution >= 0.6 is 0 Å². The highest BCUT2D eigenvalue weighted by Crippen LogP contribution is 2.25. The summed E-state index contributed by atoms with van der Waals surface area (Å²) in [6, 6.07) is 5.54. The van der Waals surface area contributed by atoms with E-state index in [1.165, 1.54) is 20.1 Å². The van der Waals surface area contributed by atoms with Gasteiger partial charge in [-0.25, -0.2) is 4.79 Å². The van der Waals surface area contributed by atoms with E-state index in [0.29, 0.717) is 30.5 Å². The van der Waals surface area contributed by atoms with E-state index < -0.39 is 17.9 Å². The largest absolute Gasteiger partial charge is 0.467 e. The molecule has 2 atom stereocenters. The van der Waals surface area contributed by atoms with E-state index >= 15 is 0 Å². The molecular formula is C18H22N2O5. The number of methoxy groups -OCH3 is 1. The Bertz CT molecular complexity index is 686. The van der Waals surface area contributed by atoms with Gasteiger partial charge in [0.05, 0.1) is 7.11 Å². The van der Waals surface area contributed by atoms with Crippen LogP contribution in [0.4, 0.5) is 5.69 Å². The molecule has 2 rings (SSSR count). The molecule has 134 valence electrons. The lowest BCUT2D eigenvalue weighted by Crippen LogP contribution is -2.48. The lowest BCUT2D eigenvalue weighted by atomic mass is 9.83. The van der Waals surface area contributed by atoms with Crippen molar-refractivity contribution in [1.82, 2.24) is 5.32 Å². The summed E-state index contributed by atoms with van der Waals surface area (Å²) in [5, 5.41) is 5.28. The van der Waals surface area contributed by atoms with Crippen LogP contribution in [0.2, 0.25) is 0 Å². The molecule has 7 heteroatoms. The van der Waals surface area contributed by atoms with Crippen LogP contribution < -0.4 is 10.6 Å². The minimum Gasteiger partial charge on any atom is -0.467 e. The standard InChI is InChI=1S/C18H22N2O5/c1-11(21)19-14-7-3-6-13(9-14)17(23)20-16(18(24)25-2)12-5-4-8-15(22)10-12/h3,6-7,9,12,16H,4-5,8,10H2,1-2H3,(H,19,21)(H,20,23)/t12-,16-/m0/s1. The second-order valence-electron chi connectivity index (χ2n) is 6.13. The van der Waals surface area contributed by atoms with E-state index in [2.05, 4.69) is 10.6 Å². The summed E-state index contributed by atoms with van der Waals surface area (Å²) in [4.78, 5) is 47.4. The number of carbonyl (C=O) groups excluding carboxylic acids is 4. The molecule has 1 aromatic carbocycles. The van der Waals surface area contributed by atoms with Crippen LogP contribution in [0.15, 0.2) is 24.3 Å². The van der Waals surface area contributed by atoms with Crippen LogP contribution in [0.25, 0.3) is 0 Å². The Kier molecular flexibility index (Phi) is 6.27. The molecule has 1 aliphatic carbocycles. The van der Waals surface area contributed by atoms with Gasteiger partial charge in [0.2, 0.25) is 5.91 Å². The fraction of sp³-hybridized carbons (Fsp3) is 0.444. The number of carbonyl (C=O) groups is 4. The van der Waals surface area contributed by atoms with E-state index in [9.17, 15) is 19.2 Å². The molecule has 0 bridgehead atoms. The predicted octanol–water partition coefficient (Wildman–Crippen LogP) is 1.68. The van der Waals surface area contributed by atoms with Gasteiger partial charge < -0.3 is 15.4 Å². The van der Waals surface area contributed by atoms with Gasteiger partial charge in [0.15, 0.2) is 0 Å². The number of benzene rings is 1. The summed E-state index contributed by atoms with van der Waals surface area (Å²) in [5.41, 5.74) is 0.796. The molecule has 0 unspecified atom stereocenters. The summed E-state index contributed by atoms with van der Waals surface area (Å²) in [7, 11) is 1.25. The Labute approximate surface area is 146 Å². The van der Waals surface area contributed by atoms with Crippen molar-refractivity contribution in [1.29, 1.82) is 0 Å². The first kappa shape index (κ1) is 18.6. The van der Waals surface area contributed by atoms with Crippen molar-refractivity contribution in [3.8, 4) is 0 Å². The number of hydrogen-bond donors (Lipinski definition) is 2. The predicted molar refractivity (Wildman–Crippen MR) is 91.0 cm³/mol. The molecule has 2 amide bonds. The minimum atomic E-state index is -0.869. The number of ketones is 1. The van der Waals surface area contributed by atoms with E-state index in [-0.39, 0.29) is 24.0 Å². The van der Waals surface area contributed by atoms with E-state index in [1.54, 1.807) is 18.2 Å². The Hall–Kier alpha value is -2.70. The van der Waals surface area contributed by atoms with Crippen molar-refractivity contribution in [2.24, 2.45) is 5.92 Å². The number of esters is 1. The molecule has 2 N–H and O–H groups in total. The van der Waals surface area contributed by atoms with Crippen molar-refractivity contribution in [3.63, 3.8) is 0 Å². The lowest BCUT2D eigenvalue weighted by Gasteiger charge is -2.28. The van der Waals surface area contributed by atoms with Crippen molar-refractivity contribution in [2.75, 3.05) is 12.4 Å². The zero-order valence-corrected chi connectivity index (χ0v) is 14.3. The maximum absolute atomic E-state index is 12.5. The Balaban J connectivity index is 2.15. The molecular weight excluding hydrogens is 324 g/mol. The second kappa shape index (κ2) is 8.41. The number of Topliss-reactive ketones (excluding diaryl/α,β-unsaturated/α-hetero) is 1. The maximum Gasteiger partial charge on any atom is 0.328 e. The van der Waals surface area contributed by atoms with Crippen LogP contribution in [0.3, 0.4) is 0 Å². The van der Waals surface area contributed by atoms with E-state index in [0.717, 1.165) is 0 Å². The molecule has 1 aliphatic rings. The maximum atomic E-state index is 12.5. The fourth-order valence-electron chi connectivity index (χ4n) is 3.00. The molecule has 7 nitrogen and oxygen atoms in total. The molecule has 1 saturated carbocycles. The topological polar surface area (TPSA) is 102 Å². The molecule has 0 radical (unpaired) electrons. The first-order valence-corrected chi connectivity index (χ1v) is 8.18. The van der Waals surface area contributed by atoms with Crippen LogP contribution in [-0.4, -0.2) is 36.7 Å². The number of hydrogen-bond acceptors (Lipinski definition) is 5. The lowest BCUT2D eigenvalue weighted by molar-refractivity contribution is -0.145. The number of amides is 2. The summed E-state index contributed by atoms with van der Waals surface area (Å²) in [5.74, 6) is -1.44. The average molecular weight is 346 g/mol. The molecule has 0 aliphatic heterocycles. The monoisotopic (exact) mass is 346 g/mol. The average Bonchev–Trinajstić information content (AvgIpc) is 2.58. The van der Waals surface area contributed by atoms with Crippen molar-refractivity contribution in [3.05, 3.63) is 29.8 Å². The van der Waals surface area contributed by atoms with Crippen LogP contribution in [0.5, 0.6) is 0 Å². The van der Waals surface area contributed by atoms with Crippen LogP contribution in [-0.2, 0) is 19.1 Å².